The summed E-state index contributed by atoms with van der Waals surface area (Å²) < 4.78 is 49.8. The molecule has 49 heavy (non-hydrogen) atoms. The second-order valence-corrected chi connectivity index (χ2v) is 14.7. The lowest BCUT2D eigenvalue weighted by atomic mass is 10.0. The number of ketones is 2. The second-order valence-electron chi connectivity index (χ2n) is 12.6. The third-order valence-electron chi connectivity index (χ3n) is 7.44. The molecule has 0 aliphatic rings. The Morgan fingerprint density at radius 3 is 1.92 bits per heavy atom. The molecule has 0 saturated heterocycles. The lowest BCUT2D eigenvalue weighted by molar-refractivity contribution is -0.159. The highest BCUT2D eigenvalue weighted by Gasteiger charge is 2.26. The minimum Gasteiger partial charge on any atom is -0.493 e. The fraction of sp³-hybridized carbons (Fsp3) is 0.444. The number of halogens is 1. The van der Waals surface area contributed by atoms with Crippen molar-refractivity contribution in [3.05, 3.63) is 45.9 Å². The fourth-order valence-electron chi connectivity index (χ4n) is 4.92. The molecular weight excluding hydrogens is 676 g/mol. The molecule has 0 aliphatic heterocycles. The number of carbonyl (C=O) groups is 4. The van der Waals surface area contributed by atoms with Crippen LogP contribution in [0.4, 0.5) is 4.39 Å². The van der Waals surface area contributed by atoms with Crippen LogP contribution in [0.15, 0.2) is 30.3 Å². The van der Waals surface area contributed by atoms with Gasteiger partial charge in [0, 0.05) is 46.2 Å². The van der Waals surface area contributed by atoms with Crippen LogP contribution in [-0.2, 0) is 19.1 Å². The molecule has 0 saturated carbocycles. The zero-order valence-electron chi connectivity index (χ0n) is 28.9. The Balaban J connectivity index is 1.39. The molecule has 0 amide bonds. The number of hydrogen-bond donors (Lipinski definition) is 0. The lowest BCUT2D eigenvalue weighted by Crippen LogP contribution is -2.28. The van der Waals surface area contributed by atoms with Crippen LogP contribution in [0.5, 0.6) is 23.0 Å². The van der Waals surface area contributed by atoms with Gasteiger partial charge >= 0.3 is 11.9 Å². The van der Waals surface area contributed by atoms with Gasteiger partial charge in [-0.05, 0) is 44.4 Å². The van der Waals surface area contributed by atoms with E-state index in [9.17, 15) is 19.2 Å². The number of benzene rings is 2. The Morgan fingerprint density at radius 2 is 1.31 bits per heavy atom. The molecule has 4 aromatic rings. The average Bonchev–Trinajstić information content (AvgIpc) is 3.68. The van der Waals surface area contributed by atoms with Crippen LogP contribution >= 0.6 is 22.7 Å². The van der Waals surface area contributed by atoms with Crippen molar-refractivity contribution in [2.24, 2.45) is 11.8 Å². The maximum Gasteiger partial charge on any atom is 0.309 e. The Hall–Kier alpha value is -4.23. The van der Waals surface area contributed by atoms with Crippen molar-refractivity contribution in [1.29, 1.82) is 0 Å². The van der Waals surface area contributed by atoms with E-state index in [4.69, 9.17) is 28.4 Å². The summed E-state index contributed by atoms with van der Waals surface area (Å²) in [5.41, 5.74) is -0.631. The minimum absolute atomic E-state index is 0.0303. The third kappa shape index (κ3) is 9.27. The summed E-state index contributed by atoms with van der Waals surface area (Å²) in [7, 11) is 4.19. The number of ether oxygens (including phenoxy) is 6. The van der Waals surface area contributed by atoms with Gasteiger partial charge in [0.2, 0.25) is 0 Å². The van der Waals surface area contributed by atoms with Crippen molar-refractivity contribution < 1.29 is 52.0 Å². The van der Waals surface area contributed by atoms with E-state index in [0.29, 0.717) is 32.4 Å². The van der Waals surface area contributed by atoms with E-state index < -0.39 is 35.2 Å². The Morgan fingerprint density at radius 1 is 0.735 bits per heavy atom. The predicted molar refractivity (Wildman–Crippen MR) is 186 cm³/mol. The summed E-state index contributed by atoms with van der Waals surface area (Å²) in [5, 5.41) is 1.01. The van der Waals surface area contributed by atoms with Gasteiger partial charge in [-0.2, -0.15) is 0 Å². The van der Waals surface area contributed by atoms with E-state index in [0.717, 1.165) is 21.4 Å². The van der Waals surface area contributed by atoms with Gasteiger partial charge in [-0.1, -0.05) is 13.8 Å². The van der Waals surface area contributed by atoms with Crippen molar-refractivity contribution >= 4 is 66.4 Å². The Labute approximate surface area is 292 Å². The molecule has 10 nitrogen and oxygen atoms in total. The molecule has 0 bridgehead atoms. The van der Waals surface area contributed by atoms with Crippen LogP contribution < -0.4 is 18.9 Å². The molecule has 264 valence electrons. The summed E-state index contributed by atoms with van der Waals surface area (Å²) in [4.78, 5) is 50.7. The minimum atomic E-state index is -0.651. The molecular formula is C36H41FO10S2. The van der Waals surface area contributed by atoms with Gasteiger partial charge in [-0.15, -0.1) is 22.7 Å². The highest BCUT2D eigenvalue weighted by atomic mass is 32.1. The molecule has 4 rings (SSSR count). The van der Waals surface area contributed by atoms with Gasteiger partial charge in [0.05, 0.1) is 56.1 Å². The molecule has 2 atom stereocenters. The molecule has 0 fully saturated rings. The maximum absolute atomic E-state index is 15.6. The summed E-state index contributed by atoms with van der Waals surface area (Å²) in [6.45, 7) is 8.95. The Kier molecular flexibility index (Phi) is 12.3. The predicted octanol–water partition coefficient (Wildman–Crippen LogP) is 8.05. The molecule has 2 aromatic heterocycles. The number of thiophene rings is 2. The lowest BCUT2D eigenvalue weighted by Gasteiger charge is -2.21. The highest BCUT2D eigenvalue weighted by Crippen LogP contribution is 2.41. The van der Waals surface area contributed by atoms with E-state index in [1.54, 1.807) is 58.9 Å². The molecule has 13 heteroatoms. The van der Waals surface area contributed by atoms with Crippen LogP contribution in [0, 0.1) is 17.7 Å². The van der Waals surface area contributed by atoms with Gasteiger partial charge in [0.1, 0.15) is 5.60 Å². The normalized spacial score (nSPS) is 12.8. The van der Waals surface area contributed by atoms with Gasteiger partial charge in [0.25, 0.3) is 0 Å². The van der Waals surface area contributed by atoms with Crippen LogP contribution in [-0.4, -0.2) is 63.6 Å². The van der Waals surface area contributed by atoms with Crippen LogP contribution in [0.1, 0.15) is 73.2 Å². The van der Waals surface area contributed by atoms with E-state index in [1.807, 2.05) is 0 Å². The SMILES string of the molecule is COC(=O)C(C)CC(=O)c1cc2c(F)c(OCCCOc3cc4cc(C(=O)CC(C)C(=O)OC(C)(C)C)sc4cc3OC)c(OC)cc2s1. The number of carbonyl (C=O) groups excluding carboxylic acids is 4. The van der Waals surface area contributed by atoms with Gasteiger partial charge in [-0.3, -0.25) is 19.2 Å². The first kappa shape index (κ1) is 37.6. The monoisotopic (exact) mass is 716 g/mol. The number of hydrogen-bond acceptors (Lipinski definition) is 12. The van der Waals surface area contributed by atoms with Crippen molar-refractivity contribution in [2.75, 3.05) is 34.5 Å². The average molecular weight is 717 g/mol. The first-order valence-corrected chi connectivity index (χ1v) is 17.3. The van der Waals surface area contributed by atoms with Crippen LogP contribution in [0.25, 0.3) is 20.2 Å². The molecule has 0 aliphatic carbocycles. The van der Waals surface area contributed by atoms with Crippen LogP contribution in [0.3, 0.4) is 0 Å². The van der Waals surface area contributed by atoms with E-state index in [-0.39, 0.29) is 54.5 Å². The smallest absolute Gasteiger partial charge is 0.309 e. The first-order valence-electron chi connectivity index (χ1n) is 15.7. The standard InChI is InChI=1S/C36H41FO10S2/c1-19(34(40)44-8)12-24(39)31-16-22-29(49-31)18-27(43-7)33(32(22)37)46-11-9-10-45-26-14-21-15-30(48-28(21)17-25(26)42-6)23(38)13-20(2)35(41)47-36(3,4)5/h14-20H,9-13H2,1-8H3. The summed E-state index contributed by atoms with van der Waals surface area (Å²) in [5.74, 6) is -2.14. The molecule has 2 heterocycles. The zero-order chi connectivity index (χ0) is 36.0. The number of fused-ring (bicyclic) bond motifs is 2. The van der Waals surface area contributed by atoms with Gasteiger partial charge in [-0.25, -0.2) is 4.39 Å². The van der Waals surface area contributed by atoms with E-state index >= 15 is 4.39 Å². The second kappa shape index (κ2) is 16.0. The molecule has 0 N–H and O–H groups in total. The van der Waals surface area contributed by atoms with Crippen molar-refractivity contribution in [3.63, 3.8) is 0 Å². The quantitative estimate of drug-likeness (QED) is 0.0639. The molecule has 2 unspecified atom stereocenters. The van der Waals surface area contributed by atoms with Gasteiger partial charge < -0.3 is 28.4 Å². The van der Waals surface area contributed by atoms with Crippen molar-refractivity contribution in [2.45, 2.75) is 59.5 Å². The van der Waals surface area contributed by atoms with E-state index in [1.165, 1.54) is 38.7 Å². The molecule has 0 spiro atoms. The van der Waals surface area contributed by atoms with Crippen molar-refractivity contribution in [1.82, 2.24) is 0 Å². The number of esters is 2. The summed E-state index contributed by atoms with van der Waals surface area (Å²) >= 11 is 2.43. The zero-order valence-corrected chi connectivity index (χ0v) is 30.5. The van der Waals surface area contributed by atoms with Crippen LogP contribution in [0.2, 0.25) is 0 Å². The number of Topliss-reactive ketones (excluding diaryl/α,β-unsaturated/α-hetero) is 2. The molecule has 2 aromatic carbocycles. The van der Waals surface area contributed by atoms with Crippen molar-refractivity contribution in [3.8, 4) is 23.0 Å². The maximum atomic E-state index is 15.6. The number of rotatable bonds is 16. The van der Waals surface area contributed by atoms with E-state index in [2.05, 4.69) is 0 Å². The van der Waals surface area contributed by atoms with Gasteiger partial charge in [0.15, 0.2) is 40.4 Å². The number of methoxy groups -OCH3 is 3. The largest absolute Gasteiger partial charge is 0.493 e. The topological polar surface area (TPSA) is 124 Å². The first-order chi connectivity index (χ1) is 23.1. The highest BCUT2D eigenvalue weighted by molar-refractivity contribution is 7.21. The Bertz CT molecular complexity index is 1850. The summed E-state index contributed by atoms with van der Waals surface area (Å²) in [6, 6.07) is 8.44. The third-order valence-corrected chi connectivity index (χ3v) is 9.71. The molecule has 0 radical (unpaired) electrons. The fourth-order valence-corrected chi connectivity index (χ4v) is 6.98. The summed E-state index contributed by atoms with van der Waals surface area (Å²) in [6.07, 6.45) is 0.360.